The lowest BCUT2D eigenvalue weighted by atomic mass is 11.7. The van der Waals surface area contributed by atoms with E-state index in [9.17, 15) is 0 Å². The zero-order chi connectivity index (χ0) is 19.9. The minimum Gasteiger partial charge on any atom is -0.325 e. The van der Waals surface area contributed by atoms with Crippen LogP contribution in [0, 0.1) is 0 Å². The highest BCUT2D eigenvalue weighted by molar-refractivity contribution is 7.69. The van der Waals surface area contributed by atoms with Crippen LogP contribution in [0.15, 0.2) is 0 Å². The summed E-state index contributed by atoms with van der Waals surface area (Å²) in [4.78, 5) is 1.06. The summed E-state index contributed by atoms with van der Waals surface area (Å²) in [6.45, 7) is 39.6. The van der Waals surface area contributed by atoms with Gasteiger partial charge in [-0.2, -0.15) is 0 Å². The van der Waals surface area contributed by atoms with Gasteiger partial charge in [-0.1, -0.05) is 106 Å². The van der Waals surface area contributed by atoms with E-state index in [4.69, 9.17) is 0 Å². The quantitative estimate of drug-likeness (QED) is 0.283. The Labute approximate surface area is 161 Å². The molecule has 0 aromatic heterocycles. The minimum absolute atomic E-state index is 0.0141. The fourth-order valence-corrected chi connectivity index (χ4v) is 47.6. The Morgan fingerprint density at radius 2 is 0.875 bits per heavy atom. The van der Waals surface area contributed by atoms with Crippen LogP contribution < -0.4 is 0 Å². The highest BCUT2D eigenvalue weighted by atomic mass is 31.1. The van der Waals surface area contributed by atoms with Gasteiger partial charge in [0.2, 0.25) is 0 Å². The zero-order valence-electron chi connectivity index (χ0n) is 19.7. The van der Waals surface area contributed by atoms with E-state index in [1.807, 2.05) is 0 Å². The van der Waals surface area contributed by atoms with E-state index in [2.05, 4.69) is 102 Å². The van der Waals surface area contributed by atoms with Crippen molar-refractivity contribution in [1.82, 2.24) is 4.00 Å². The summed E-state index contributed by atoms with van der Waals surface area (Å²) in [6, 6.07) is 0. The molecule has 1 nitrogen and oxygen atoms in total. The van der Waals surface area contributed by atoms with Crippen LogP contribution in [0.2, 0.25) is 98.2 Å². The van der Waals surface area contributed by atoms with Gasteiger partial charge in [0, 0.05) is 8.07 Å². The molecule has 1 unspecified atom stereocenters. The van der Waals surface area contributed by atoms with Gasteiger partial charge in [-0.05, 0) is 10.7 Å². The summed E-state index contributed by atoms with van der Waals surface area (Å²) in [5.74, 6) is 1.57. The first kappa shape index (κ1) is 25.5. The maximum absolute atomic E-state index is 3.26. The summed E-state index contributed by atoms with van der Waals surface area (Å²) >= 11 is 0. The molecule has 146 valence electrons. The highest BCUT2D eigenvalue weighted by Gasteiger charge is 2.50. The van der Waals surface area contributed by atoms with Crippen molar-refractivity contribution < 1.29 is 0 Å². The average Bonchev–Trinajstić information content (AvgIpc) is 2.01. The Hall–Kier alpha value is 1.47. The Morgan fingerprint density at radius 3 is 1.04 bits per heavy atom. The van der Waals surface area contributed by atoms with Crippen molar-refractivity contribution in [3.63, 3.8) is 0 Å². The molecule has 0 aromatic rings. The molecule has 0 radical (unpaired) electrons. The van der Waals surface area contributed by atoms with Crippen LogP contribution in [0.5, 0.6) is 0 Å². The lowest BCUT2D eigenvalue weighted by molar-refractivity contribution is 0.961. The molecule has 24 heavy (non-hydrogen) atoms. The maximum atomic E-state index is 3.26. The van der Waals surface area contributed by atoms with Crippen LogP contribution in [0.25, 0.3) is 0 Å². The predicted molar refractivity (Wildman–Crippen MR) is 134 cm³/mol. The summed E-state index contributed by atoms with van der Waals surface area (Å²) in [6.07, 6.45) is 0. The van der Waals surface area contributed by atoms with Crippen LogP contribution in [0.1, 0.15) is 0 Å². The van der Waals surface area contributed by atoms with Gasteiger partial charge in [0.25, 0.3) is 0 Å². The Bertz CT molecular complexity index is 347. The van der Waals surface area contributed by atoms with Gasteiger partial charge in [-0.15, -0.1) is 0 Å². The van der Waals surface area contributed by atoms with Crippen LogP contribution in [-0.2, 0) is 0 Å². The molecule has 0 heterocycles. The molecule has 0 bridgehead atoms. The second-order valence-electron chi connectivity index (χ2n) is 12.9. The molecule has 0 N–H and O–H groups in total. The minimum atomic E-state index is -1.31. The number of hydrogen-bond donors (Lipinski definition) is 0. The largest absolute Gasteiger partial charge is 0.325 e. The number of nitrogens with zero attached hydrogens (tertiary/aromatic N) is 1. The maximum Gasteiger partial charge on any atom is 0.115 e. The summed E-state index contributed by atoms with van der Waals surface area (Å²) in [7, 11) is -6.08. The lowest BCUT2D eigenvalue weighted by Gasteiger charge is -2.57. The number of rotatable bonds is 8. The molecule has 0 rings (SSSR count). The molecule has 0 aliphatic heterocycles. The van der Waals surface area contributed by atoms with Gasteiger partial charge < -0.3 is 4.00 Å². The second-order valence-corrected chi connectivity index (χ2v) is 44.1. The van der Waals surface area contributed by atoms with Crippen molar-refractivity contribution in [2.24, 2.45) is 0 Å². The monoisotopic (exact) mass is 437 g/mol. The van der Waals surface area contributed by atoms with Crippen molar-refractivity contribution in [2.75, 3.05) is 5.79 Å². The molecule has 0 fully saturated rings. The fourth-order valence-electron chi connectivity index (χ4n) is 4.73. The zero-order valence-corrected chi connectivity index (χ0v) is 25.6. The van der Waals surface area contributed by atoms with Crippen LogP contribution in [0.3, 0.4) is 0 Å². The van der Waals surface area contributed by atoms with Crippen molar-refractivity contribution in [1.29, 1.82) is 0 Å². The van der Waals surface area contributed by atoms with Crippen molar-refractivity contribution >= 4 is 48.8 Å². The lowest BCUT2D eigenvalue weighted by Crippen LogP contribution is -2.63. The predicted octanol–water partition coefficient (Wildman–Crippen LogP) is 7.36. The van der Waals surface area contributed by atoms with Gasteiger partial charge >= 0.3 is 0 Å². The van der Waals surface area contributed by atoms with E-state index in [0.717, 1.165) is 4.91 Å². The van der Waals surface area contributed by atoms with Gasteiger partial charge in [0.15, 0.2) is 0 Å². The van der Waals surface area contributed by atoms with E-state index in [-0.39, 0.29) is 8.07 Å². The third-order valence-electron chi connectivity index (χ3n) is 4.10. The standard InChI is InChI=1S/C17H48NPSi5/c1-20(2,3)16-19(17(21(4,5)6)22(7,8)9)18(23(10,11)12)24(13,14)15/h17H,16H2,1-15H3. The molecule has 1 atom stereocenters. The Morgan fingerprint density at radius 1 is 0.583 bits per heavy atom. The highest BCUT2D eigenvalue weighted by Crippen LogP contribution is 2.57. The molecule has 0 aliphatic rings. The number of hydrogen-bond acceptors (Lipinski definition) is 1. The van der Waals surface area contributed by atoms with Gasteiger partial charge in [0.1, 0.15) is 16.5 Å². The Balaban J connectivity index is 6.44. The van der Waals surface area contributed by atoms with Crippen LogP contribution >= 0.6 is 8.07 Å². The second kappa shape index (κ2) is 7.84. The summed E-state index contributed by atoms with van der Waals surface area (Å²) in [5, 5.41) is 0. The first-order valence-corrected chi connectivity index (χ1v) is 29.0. The molecule has 0 aromatic carbocycles. The molecule has 7 heteroatoms. The average molecular weight is 438 g/mol. The molecule has 0 saturated carbocycles. The topological polar surface area (TPSA) is 3.24 Å². The normalized spacial score (nSPS) is 16.9. The van der Waals surface area contributed by atoms with Crippen LogP contribution in [0.4, 0.5) is 0 Å². The summed E-state index contributed by atoms with van der Waals surface area (Å²) < 4.78 is 3.26. The SMILES string of the molecule is C[Si](C)(C)CP(C([Si](C)(C)C)[Si](C)(C)C)N([Si](C)(C)C)[Si](C)(C)C. The van der Waals surface area contributed by atoms with Crippen molar-refractivity contribution in [2.45, 2.75) is 103 Å². The van der Waals surface area contributed by atoms with Crippen molar-refractivity contribution in [3.05, 3.63) is 0 Å². The van der Waals surface area contributed by atoms with E-state index in [1.165, 1.54) is 0 Å². The third kappa shape index (κ3) is 8.01. The van der Waals surface area contributed by atoms with Crippen LogP contribution in [-0.4, -0.2) is 55.4 Å². The van der Waals surface area contributed by atoms with E-state index < -0.39 is 40.7 Å². The van der Waals surface area contributed by atoms with Gasteiger partial charge in [0.05, 0.1) is 16.1 Å². The Kier molecular flexibility index (Phi) is 8.32. The molecule has 0 saturated heterocycles. The van der Waals surface area contributed by atoms with Gasteiger partial charge in [-0.3, -0.25) is 0 Å². The first-order chi connectivity index (χ1) is 10.1. The van der Waals surface area contributed by atoms with E-state index in [1.54, 1.807) is 5.79 Å². The molecule has 0 aliphatic carbocycles. The molecular formula is C17H48NPSi5. The van der Waals surface area contributed by atoms with Gasteiger partial charge in [-0.25, -0.2) is 0 Å². The van der Waals surface area contributed by atoms with E-state index >= 15 is 0 Å². The van der Waals surface area contributed by atoms with Crippen molar-refractivity contribution in [3.8, 4) is 0 Å². The smallest absolute Gasteiger partial charge is 0.115 e. The molecular weight excluding hydrogens is 390 g/mol. The third-order valence-corrected chi connectivity index (χ3v) is 36.9. The molecule has 0 amide bonds. The van der Waals surface area contributed by atoms with E-state index in [0.29, 0.717) is 0 Å². The fraction of sp³-hybridized carbons (Fsp3) is 1.00. The molecule has 0 spiro atoms. The summed E-state index contributed by atoms with van der Waals surface area (Å²) in [5.41, 5.74) is 0. The first-order valence-electron chi connectivity index (χ1n) is 9.65.